The SMILES string of the molecule is Cc1ccc(/C(C#N)=C\c2ccc(-c3ccc(Br)c(Cl)c3)o2)cc1. The number of rotatable bonds is 3. The van der Waals surface area contributed by atoms with Crippen LogP contribution >= 0.6 is 27.5 Å². The number of allylic oxidation sites excluding steroid dienone is 1. The number of benzene rings is 2. The van der Waals surface area contributed by atoms with Gasteiger partial charge < -0.3 is 4.42 Å². The Morgan fingerprint density at radius 3 is 2.54 bits per heavy atom. The van der Waals surface area contributed by atoms with Gasteiger partial charge in [0.05, 0.1) is 16.7 Å². The molecular formula is C20H13BrClNO. The molecule has 3 aromatic rings. The monoisotopic (exact) mass is 397 g/mol. The van der Waals surface area contributed by atoms with Crippen molar-refractivity contribution in [2.45, 2.75) is 6.92 Å². The Kier molecular flexibility index (Phi) is 4.89. The molecule has 0 N–H and O–H groups in total. The standard InChI is InChI=1S/C20H13BrClNO/c1-13-2-4-14(5-3-13)16(12-23)10-17-7-9-20(24-17)15-6-8-18(21)19(22)11-15/h2-11H,1H3/b16-10-. The molecule has 2 nitrogen and oxygen atoms in total. The summed E-state index contributed by atoms with van der Waals surface area (Å²) in [4.78, 5) is 0. The second kappa shape index (κ2) is 7.09. The average molecular weight is 399 g/mol. The lowest BCUT2D eigenvalue weighted by Gasteiger charge is -2.01. The minimum Gasteiger partial charge on any atom is -0.457 e. The highest BCUT2D eigenvalue weighted by Crippen LogP contribution is 2.30. The Morgan fingerprint density at radius 1 is 1.12 bits per heavy atom. The van der Waals surface area contributed by atoms with Gasteiger partial charge in [0.25, 0.3) is 0 Å². The largest absolute Gasteiger partial charge is 0.457 e. The normalized spacial score (nSPS) is 11.3. The van der Waals surface area contributed by atoms with Crippen molar-refractivity contribution in [1.82, 2.24) is 0 Å². The molecule has 0 spiro atoms. The Balaban J connectivity index is 1.93. The van der Waals surface area contributed by atoms with Crippen LogP contribution in [0.3, 0.4) is 0 Å². The van der Waals surface area contributed by atoms with Gasteiger partial charge in [-0.2, -0.15) is 5.26 Å². The van der Waals surface area contributed by atoms with E-state index in [1.165, 1.54) is 0 Å². The topological polar surface area (TPSA) is 36.9 Å². The van der Waals surface area contributed by atoms with Crippen molar-refractivity contribution in [3.8, 4) is 17.4 Å². The van der Waals surface area contributed by atoms with Gasteiger partial charge in [0.1, 0.15) is 11.5 Å². The number of nitrogens with zero attached hydrogens (tertiary/aromatic N) is 1. The summed E-state index contributed by atoms with van der Waals surface area (Å²) in [5.74, 6) is 1.33. The van der Waals surface area contributed by atoms with Crippen LogP contribution in [0.5, 0.6) is 0 Å². The summed E-state index contributed by atoms with van der Waals surface area (Å²) in [6.45, 7) is 2.02. The number of aryl methyl sites for hydroxylation is 1. The van der Waals surface area contributed by atoms with Gasteiger partial charge in [-0.3, -0.25) is 0 Å². The van der Waals surface area contributed by atoms with Gasteiger partial charge in [0, 0.05) is 10.0 Å². The van der Waals surface area contributed by atoms with Crippen molar-refractivity contribution in [3.05, 3.63) is 81.0 Å². The van der Waals surface area contributed by atoms with Crippen LogP contribution in [-0.2, 0) is 0 Å². The molecule has 1 heterocycles. The molecule has 3 rings (SSSR count). The third-order valence-electron chi connectivity index (χ3n) is 3.60. The second-order valence-electron chi connectivity index (χ2n) is 5.37. The lowest BCUT2D eigenvalue weighted by atomic mass is 10.0. The van der Waals surface area contributed by atoms with Gasteiger partial charge >= 0.3 is 0 Å². The molecule has 0 fully saturated rings. The van der Waals surface area contributed by atoms with E-state index in [1.807, 2.05) is 61.5 Å². The second-order valence-corrected chi connectivity index (χ2v) is 6.63. The number of hydrogen-bond acceptors (Lipinski definition) is 2. The van der Waals surface area contributed by atoms with Crippen LogP contribution in [-0.4, -0.2) is 0 Å². The van der Waals surface area contributed by atoms with Crippen LogP contribution in [0.2, 0.25) is 5.02 Å². The van der Waals surface area contributed by atoms with Gasteiger partial charge in [0.2, 0.25) is 0 Å². The van der Waals surface area contributed by atoms with Crippen molar-refractivity contribution < 1.29 is 4.42 Å². The van der Waals surface area contributed by atoms with Crippen LogP contribution in [0.25, 0.3) is 23.0 Å². The van der Waals surface area contributed by atoms with Crippen molar-refractivity contribution in [2.24, 2.45) is 0 Å². The van der Waals surface area contributed by atoms with Crippen molar-refractivity contribution >= 4 is 39.2 Å². The zero-order valence-electron chi connectivity index (χ0n) is 12.9. The van der Waals surface area contributed by atoms with E-state index in [-0.39, 0.29) is 0 Å². The zero-order chi connectivity index (χ0) is 17.1. The quantitative estimate of drug-likeness (QED) is 0.458. The van der Waals surface area contributed by atoms with E-state index in [0.717, 1.165) is 21.2 Å². The van der Waals surface area contributed by atoms with Crippen LogP contribution in [0.1, 0.15) is 16.9 Å². The molecule has 0 aliphatic carbocycles. The smallest absolute Gasteiger partial charge is 0.134 e. The summed E-state index contributed by atoms with van der Waals surface area (Å²) in [5, 5.41) is 10.0. The van der Waals surface area contributed by atoms with Crippen LogP contribution < -0.4 is 0 Å². The minimum absolute atomic E-state index is 0.560. The van der Waals surface area contributed by atoms with E-state index in [9.17, 15) is 5.26 Å². The first-order chi connectivity index (χ1) is 11.6. The maximum atomic E-state index is 9.42. The first-order valence-electron chi connectivity index (χ1n) is 7.31. The van der Waals surface area contributed by atoms with Gasteiger partial charge in [0.15, 0.2) is 0 Å². The molecule has 4 heteroatoms. The Labute approximate surface area is 154 Å². The van der Waals surface area contributed by atoms with Gasteiger partial charge in [-0.1, -0.05) is 47.5 Å². The number of halogens is 2. The first-order valence-corrected chi connectivity index (χ1v) is 8.48. The first kappa shape index (κ1) is 16.6. The van der Waals surface area contributed by atoms with E-state index in [0.29, 0.717) is 22.1 Å². The molecule has 0 amide bonds. The fourth-order valence-electron chi connectivity index (χ4n) is 2.29. The highest BCUT2D eigenvalue weighted by Gasteiger charge is 2.08. The molecule has 0 radical (unpaired) electrons. The van der Waals surface area contributed by atoms with Crippen molar-refractivity contribution in [2.75, 3.05) is 0 Å². The van der Waals surface area contributed by atoms with Gasteiger partial charge in [-0.15, -0.1) is 0 Å². The Bertz CT molecular complexity index is 949. The zero-order valence-corrected chi connectivity index (χ0v) is 15.2. The number of furan rings is 1. The van der Waals surface area contributed by atoms with Gasteiger partial charge in [-0.25, -0.2) is 0 Å². The average Bonchev–Trinajstić information content (AvgIpc) is 3.05. The summed E-state index contributed by atoms with van der Waals surface area (Å²) >= 11 is 9.50. The molecule has 2 aromatic carbocycles. The van der Waals surface area contributed by atoms with Crippen molar-refractivity contribution in [1.29, 1.82) is 5.26 Å². The lowest BCUT2D eigenvalue weighted by Crippen LogP contribution is -1.81. The van der Waals surface area contributed by atoms with E-state index in [1.54, 1.807) is 6.08 Å². The minimum atomic E-state index is 0.560. The number of hydrogen-bond donors (Lipinski definition) is 0. The van der Waals surface area contributed by atoms with Crippen LogP contribution in [0, 0.1) is 18.3 Å². The highest BCUT2D eigenvalue weighted by molar-refractivity contribution is 9.10. The highest BCUT2D eigenvalue weighted by atomic mass is 79.9. The van der Waals surface area contributed by atoms with E-state index in [2.05, 4.69) is 22.0 Å². The Hall–Kier alpha value is -2.28. The summed E-state index contributed by atoms with van der Waals surface area (Å²) in [7, 11) is 0. The van der Waals surface area contributed by atoms with Crippen LogP contribution in [0.15, 0.2) is 63.5 Å². The molecule has 0 aliphatic rings. The summed E-state index contributed by atoms with van der Waals surface area (Å²) in [6.07, 6.45) is 1.74. The third kappa shape index (κ3) is 3.62. The molecule has 0 bridgehead atoms. The van der Waals surface area contributed by atoms with Crippen LogP contribution in [0.4, 0.5) is 0 Å². The van der Waals surface area contributed by atoms with Gasteiger partial charge in [-0.05, 0) is 58.8 Å². The third-order valence-corrected chi connectivity index (χ3v) is 4.83. The predicted octanol–water partition coefficient (Wildman–Crippen LogP) is 6.74. The molecule has 0 saturated heterocycles. The number of nitriles is 1. The molecule has 118 valence electrons. The summed E-state index contributed by atoms with van der Waals surface area (Å²) in [6, 6.07) is 19.4. The molecule has 0 aliphatic heterocycles. The fraction of sp³-hybridized carbons (Fsp3) is 0.0500. The molecular weight excluding hydrogens is 386 g/mol. The Morgan fingerprint density at radius 2 is 1.88 bits per heavy atom. The maximum absolute atomic E-state index is 9.42. The van der Waals surface area contributed by atoms with Crippen molar-refractivity contribution in [3.63, 3.8) is 0 Å². The molecule has 0 unspecified atom stereocenters. The molecule has 0 atom stereocenters. The molecule has 24 heavy (non-hydrogen) atoms. The van der Waals surface area contributed by atoms with E-state index in [4.69, 9.17) is 16.0 Å². The molecule has 0 saturated carbocycles. The summed E-state index contributed by atoms with van der Waals surface area (Å²) < 4.78 is 6.68. The summed E-state index contributed by atoms with van der Waals surface area (Å²) in [5.41, 5.74) is 3.47. The fourth-order valence-corrected chi connectivity index (χ4v) is 2.72. The maximum Gasteiger partial charge on any atom is 0.134 e. The molecule has 1 aromatic heterocycles. The predicted molar refractivity (Wildman–Crippen MR) is 102 cm³/mol. The van der Waals surface area contributed by atoms with E-state index < -0.39 is 0 Å². The van der Waals surface area contributed by atoms with E-state index >= 15 is 0 Å². The lowest BCUT2D eigenvalue weighted by molar-refractivity contribution is 0.572.